The van der Waals surface area contributed by atoms with E-state index in [2.05, 4.69) is 4.99 Å². The molecule has 0 unspecified atom stereocenters. The number of carbonyl (C=O) groups excluding carboxylic acids is 2. The van der Waals surface area contributed by atoms with Gasteiger partial charge in [-0.25, -0.2) is 4.99 Å². The third kappa shape index (κ3) is 5.14. The van der Waals surface area contributed by atoms with Crippen molar-refractivity contribution >= 4 is 52.2 Å². The van der Waals surface area contributed by atoms with E-state index in [1.807, 2.05) is 19.1 Å². The number of nitrogens with zero attached hydrogens (tertiary/aromatic N) is 2. The number of halogens is 1. The number of hydrogen-bond donors (Lipinski definition) is 0. The number of hydrogen-bond acceptors (Lipinski definition) is 7. The lowest BCUT2D eigenvalue weighted by molar-refractivity contribution is -0.307. The molecular formula is C21H18ClN2O5S-. The van der Waals surface area contributed by atoms with E-state index in [-0.39, 0.29) is 16.7 Å². The van der Waals surface area contributed by atoms with Gasteiger partial charge in [-0.1, -0.05) is 17.7 Å². The topological polar surface area (TPSA) is 91.3 Å². The molecule has 0 saturated carbocycles. The number of amidine groups is 1. The molecule has 3 rings (SSSR count). The summed E-state index contributed by atoms with van der Waals surface area (Å²) >= 11 is 7.42. The maximum Gasteiger partial charge on any atom is 0.266 e. The number of aliphatic carboxylic acids is 1. The Hall–Kier alpha value is -2.97. The summed E-state index contributed by atoms with van der Waals surface area (Å²) < 4.78 is 10.2. The molecule has 0 atom stereocenters. The zero-order chi connectivity index (χ0) is 21.7. The molecule has 156 valence electrons. The van der Waals surface area contributed by atoms with Crippen molar-refractivity contribution in [2.45, 2.75) is 6.92 Å². The zero-order valence-corrected chi connectivity index (χ0v) is 17.8. The Morgan fingerprint density at radius 3 is 2.60 bits per heavy atom. The second-order valence-corrected chi connectivity index (χ2v) is 7.52. The third-order valence-electron chi connectivity index (χ3n) is 4.10. The summed E-state index contributed by atoms with van der Waals surface area (Å²) in [6.07, 6.45) is 1.71. The van der Waals surface area contributed by atoms with E-state index < -0.39 is 12.6 Å². The quantitative estimate of drug-likeness (QED) is 0.608. The average molecular weight is 446 g/mol. The fraction of sp³-hybridized carbons (Fsp3) is 0.190. The van der Waals surface area contributed by atoms with Gasteiger partial charge < -0.3 is 19.4 Å². The van der Waals surface area contributed by atoms with Crippen LogP contribution in [0.3, 0.4) is 0 Å². The van der Waals surface area contributed by atoms with Gasteiger partial charge in [0.25, 0.3) is 5.91 Å². The lowest BCUT2D eigenvalue weighted by Gasteiger charge is -2.12. The molecule has 1 saturated heterocycles. The SMILES string of the molecule is CCN1C(=O)/C(=C/c2ccc(OCC(=O)[O-])c(Cl)c2)SC1=Nc1ccc(OC)cc1. The van der Waals surface area contributed by atoms with E-state index in [1.54, 1.807) is 48.4 Å². The molecule has 1 aliphatic heterocycles. The average Bonchev–Trinajstić information content (AvgIpc) is 3.01. The highest BCUT2D eigenvalue weighted by molar-refractivity contribution is 8.18. The summed E-state index contributed by atoms with van der Waals surface area (Å²) in [5, 5.41) is 11.3. The minimum atomic E-state index is -1.34. The number of ether oxygens (including phenoxy) is 2. The molecule has 0 N–H and O–H groups in total. The first-order valence-electron chi connectivity index (χ1n) is 8.97. The first-order valence-corrected chi connectivity index (χ1v) is 10.2. The number of carboxylic acids is 1. The minimum Gasteiger partial charge on any atom is -0.546 e. The molecule has 0 radical (unpaired) electrons. The second kappa shape index (κ2) is 9.69. The number of carbonyl (C=O) groups is 2. The van der Waals surface area contributed by atoms with Gasteiger partial charge in [0, 0.05) is 6.54 Å². The number of aliphatic imine (C=N–C) groups is 1. The number of rotatable bonds is 7. The summed E-state index contributed by atoms with van der Waals surface area (Å²) in [5.41, 5.74) is 1.39. The van der Waals surface area contributed by atoms with Crippen molar-refractivity contribution in [2.24, 2.45) is 4.99 Å². The molecule has 0 aromatic heterocycles. The van der Waals surface area contributed by atoms with Crippen molar-refractivity contribution < 1.29 is 24.2 Å². The molecule has 7 nitrogen and oxygen atoms in total. The Balaban J connectivity index is 1.83. The molecule has 0 bridgehead atoms. The van der Waals surface area contributed by atoms with Crippen LogP contribution in [0.25, 0.3) is 6.08 Å². The number of amides is 1. The molecule has 9 heteroatoms. The van der Waals surface area contributed by atoms with Gasteiger partial charge in [0.1, 0.15) is 18.1 Å². The van der Waals surface area contributed by atoms with Gasteiger partial charge in [-0.3, -0.25) is 9.69 Å². The van der Waals surface area contributed by atoms with Gasteiger partial charge in [-0.2, -0.15) is 0 Å². The van der Waals surface area contributed by atoms with E-state index in [0.29, 0.717) is 27.9 Å². The molecule has 2 aromatic carbocycles. The molecule has 1 amide bonds. The Kier molecular flexibility index (Phi) is 7.02. The second-order valence-electron chi connectivity index (χ2n) is 6.10. The minimum absolute atomic E-state index is 0.150. The number of carboxylic acid groups (broad SMARTS) is 1. The first kappa shape index (κ1) is 21.7. The van der Waals surface area contributed by atoms with E-state index in [4.69, 9.17) is 21.1 Å². The van der Waals surface area contributed by atoms with E-state index in [1.165, 1.54) is 11.8 Å². The van der Waals surface area contributed by atoms with Crippen LogP contribution in [0.2, 0.25) is 5.02 Å². The van der Waals surface area contributed by atoms with Crippen LogP contribution in [0.1, 0.15) is 12.5 Å². The molecule has 30 heavy (non-hydrogen) atoms. The maximum absolute atomic E-state index is 12.8. The largest absolute Gasteiger partial charge is 0.546 e. The van der Waals surface area contributed by atoms with Gasteiger partial charge in [-0.15, -0.1) is 0 Å². The van der Waals surface area contributed by atoms with Crippen LogP contribution in [-0.2, 0) is 9.59 Å². The lowest BCUT2D eigenvalue weighted by Crippen LogP contribution is -2.29. The van der Waals surface area contributed by atoms with Crippen LogP contribution in [0.5, 0.6) is 11.5 Å². The first-order chi connectivity index (χ1) is 14.4. The third-order valence-corrected chi connectivity index (χ3v) is 5.40. The van der Waals surface area contributed by atoms with Crippen molar-refractivity contribution in [1.29, 1.82) is 0 Å². The summed E-state index contributed by atoms with van der Waals surface area (Å²) in [6, 6.07) is 12.1. The molecule has 2 aromatic rings. The highest BCUT2D eigenvalue weighted by Gasteiger charge is 2.32. The highest BCUT2D eigenvalue weighted by atomic mass is 35.5. The van der Waals surface area contributed by atoms with Gasteiger partial charge >= 0.3 is 0 Å². The molecule has 0 aliphatic carbocycles. The van der Waals surface area contributed by atoms with Crippen molar-refractivity contribution in [2.75, 3.05) is 20.3 Å². The summed E-state index contributed by atoms with van der Waals surface area (Å²) in [4.78, 5) is 30.0. The van der Waals surface area contributed by atoms with Gasteiger partial charge in [0.05, 0.1) is 28.7 Å². The number of benzene rings is 2. The van der Waals surface area contributed by atoms with Crippen molar-refractivity contribution in [3.8, 4) is 11.5 Å². The van der Waals surface area contributed by atoms with Gasteiger partial charge in [0.15, 0.2) is 5.17 Å². The van der Waals surface area contributed by atoms with E-state index in [9.17, 15) is 14.7 Å². The molecule has 0 spiro atoms. The van der Waals surface area contributed by atoms with Crippen molar-refractivity contribution in [3.63, 3.8) is 0 Å². The molecule has 1 aliphatic rings. The van der Waals surface area contributed by atoms with E-state index >= 15 is 0 Å². The highest BCUT2D eigenvalue weighted by Crippen LogP contribution is 2.35. The van der Waals surface area contributed by atoms with Gasteiger partial charge in [-0.05, 0) is 66.7 Å². The van der Waals surface area contributed by atoms with Crippen LogP contribution < -0.4 is 14.6 Å². The van der Waals surface area contributed by atoms with Crippen molar-refractivity contribution in [1.82, 2.24) is 4.90 Å². The van der Waals surface area contributed by atoms with Gasteiger partial charge in [0.2, 0.25) is 0 Å². The monoisotopic (exact) mass is 445 g/mol. The number of likely N-dealkylation sites (N-methyl/N-ethyl adjacent to an activating group) is 1. The fourth-order valence-electron chi connectivity index (χ4n) is 2.65. The Labute approximate surface area is 183 Å². The Morgan fingerprint density at radius 2 is 2.00 bits per heavy atom. The summed E-state index contributed by atoms with van der Waals surface area (Å²) in [5.74, 6) is -0.534. The smallest absolute Gasteiger partial charge is 0.266 e. The van der Waals surface area contributed by atoms with Crippen LogP contribution in [0.15, 0.2) is 52.4 Å². The summed E-state index contributed by atoms with van der Waals surface area (Å²) in [7, 11) is 1.59. The van der Waals surface area contributed by atoms with Crippen molar-refractivity contribution in [3.05, 3.63) is 58.0 Å². The van der Waals surface area contributed by atoms with Crippen LogP contribution in [0.4, 0.5) is 5.69 Å². The Bertz CT molecular complexity index is 1020. The summed E-state index contributed by atoms with van der Waals surface area (Å²) in [6.45, 7) is 1.77. The predicted octanol–water partition coefficient (Wildman–Crippen LogP) is 3.10. The molecule has 1 fully saturated rings. The molecular weight excluding hydrogens is 428 g/mol. The van der Waals surface area contributed by atoms with Crippen LogP contribution in [0, 0.1) is 0 Å². The zero-order valence-electron chi connectivity index (χ0n) is 16.3. The number of methoxy groups -OCH3 is 1. The standard InChI is InChI=1S/C21H19ClN2O5S/c1-3-24-20(27)18(30-21(24)23-14-5-7-15(28-2)8-6-14)11-13-4-9-17(16(22)10-13)29-12-19(25)26/h4-11H,3,12H2,1-2H3,(H,25,26)/p-1/b18-11-,23-21?. The number of thioether (sulfide) groups is 1. The normalized spacial score (nSPS) is 16.4. The fourth-order valence-corrected chi connectivity index (χ4v) is 3.96. The predicted molar refractivity (Wildman–Crippen MR) is 115 cm³/mol. The molecule has 1 heterocycles. The van der Waals surface area contributed by atoms with E-state index in [0.717, 1.165) is 5.75 Å². The van der Waals surface area contributed by atoms with Crippen LogP contribution >= 0.6 is 23.4 Å². The Morgan fingerprint density at radius 1 is 1.27 bits per heavy atom. The maximum atomic E-state index is 12.8. The lowest BCUT2D eigenvalue weighted by atomic mass is 10.2. The van der Waals surface area contributed by atoms with Crippen LogP contribution in [-0.4, -0.2) is 42.2 Å².